The Kier molecular flexibility index (Phi) is 3.65. The van der Waals surface area contributed by atoms with E-state index in [1.807, 2.05) is 43.4 Å². The van der Waals surface area contributed by atoms with Crippen LogP contribution in [0, 0.1) is 0 Å². The Hall–Kier alpha value is -2.33. The number of hydrogen-bond donors (Lipinski definition) is 1. The lowest BCUT2D eigenvalue weighted by atomic mass is 10.2. The van der Waals surface area contributed by atoms with Gasteiger partial charge in [0.05, 0.1) is 11.8 Å². The zero-order valence-electron chi connectivity index (χ0n) is 11.3. The van der Waals surface area contributed by atoms with Gasteiger partial charge in [0.2, 0.25) is 0 Å². The summed E-state index contributed by atoms with van der Waals surface area (Å²) in [6, 6.07) is 11.8. The monoisotopic (exact) mass is 268 g/mol. The van der Waals surface area contributed by atoms with Crippen LogP contribution in [0.3, 0.4) is 0 Å². The molecule has 0 saturated carbocycles. The lowest BCUT2D eigenvalue weighted by Gasteiger charge is -2.05. The summed E-state index contributed by atoms with van der Waals surface area (Å²) in [5.74, 6) is 1.61. The third kappa shape index (κ3) is 2.81. The van der Waals surface area contributed by atoms with Crippen LogP contribution in [-0.2, 0) is 13.2 Å². The lowest BCUT2D eigenvalue weighted by Crippen LogP contribution is -2.03. The molecule has 1 aromatic carbocycles. The second-order valence-corrected chi connectivity index (χ2v) is 4.60. The Balaban J connectivity index is 1.69. The quantitative estimate of drug-likeness (QED) is 0.772. The Morgan fingerprint density at radius 2 is 2.20 bits per heavy atom. The smallest absolute Gasteiger partial charge is 0.146 e. The molecule has 102 valence electrons. The van der Waals surface area contributed by atoms with E-state index in [4.69, 9.17) is 9.15 Å². The largest absolute Gasteiger partial charge is 0.486 e. The van der Waals surface area contributed by atoms with Crippen molar-refractivity contribution in [3.8, 4) is 5.75 Å². The third-order valence-electron chi connectivity index (χ3n) is 3.05. The maximum absolute atomic E-state index is 5.74. The average Bonchev–Trinajstić information content (AvgIpc) is 2.93. The highest BCUT2D eigenvalue weighted by molar-refractivity contribution is 5.79. The molecule has 0 atom stereocenters. The summed E-state index contributed by atoms with van der Waals surface area (Å²) in [4.78, 5) is 4.31. The van der Waals surface area contributed by atoms with Gasteiger partial charge in [-0.25, -0.2) is 0 Å². The van der Waals surface area contributed by atoms with Crippen molar-refractivity contribution in [3.05, 3.63) is 60.2 Å². The summed E-state index contributed by atoms with van der Waals surface area (Å²) in [5, 5.41) is 4.19. The first-order chi connectivity index (χ1) is 9.85. The van der Waals surface area contributed by atoms with Crippen LogP contribution in [0.4, 0.5) is 0 Å². The third-order valence-corrected chi connectivity index (χ3v) is 3.05. The number of nitrogens with one attached hydrogen (secondary N) is 1. The van der Waals surface area contributed by atoms with E-state index in [0.29, 0.717) is 6.61 Å². The van der Waals surface area contributed by atoms with Crippen LogP contribution >= 0.6 is 0 Å². The maximum Gasteiger partial charge on any atom is 0.146 e. The molecule has 4 nitrogen and oxygen atoms in total. The van der Waals surface area contributed by atoms with Gasteiger partial charge >= 0.3 is 0 Å². The summed E-state index contributed by atoms with van der Waals surface area (Å²) in [6.07, 6.45) is 3.53. The molecular weight excluding hydrogens is 252 g/mol. The number of rotatable bonds is 5. The van der Waals surface area contributed by atoms with Gasteiger partial charge in [0.25, 0.3) is 0 Å². The number of benzene rings is 1. The fraction of sp³-hybridized carbons (Fsp3) is 0.188. The van der Waals surface area contributed by atoms with Gasteiger partial charge in [0.15, 0.2) is 0 Å². The lowest BCUT2D eigenvalue weighted by molar-refractivity contribution is 0.270. The molecule has 20 heavy (non-hydrogen) atoms. The Labute approximate surface area is 117 Å². The highest BCUT2D eigenvalue weighted by Crippen LogP contribution is 2.20. The van der Waals surface area contributed by atoms with Crippen molar-refractivity contribution in [1.29, 1.82) is 0 Å². The van der Waals surface area contributed by atoms with Crippen LogP contribution < -0.4 is 10.1 Å². The van der Waals surface area contributed by atoms with E-state index >= 15 is 0 Å². The summed E-state index contributed by atoms with van der Waals surface area (Å²) >= 11 is 0. The number of ether oxygens (including phenoxy) is 1. The van der Waals surface area contributed by atoms with Crippen LogP contribution in [0.25, 0.3) is 10.9 Å². The SMILES string of the molecule is CNCc1coc(COc2ccc3cccnc3c2)c1. The minimum absolute atomic E-state index is 0.419. The minimum atomic E-state index is 0.419. The van der Waals surface area contributed by atoms with Crippen molar-refractivity contribution in [3.63, 3.8) is 0 Å². The summed E-state index contributed by atoms with van der Waals surface area (Å²) < 4.78 is 11.2. The van der Waals surface area contributed by atoms with E-state index < -0.39 is 0 Å². The number of aromatic nitrogens is 1. The number of pyridine rings is 1. The first kappa shape index (κ1) is 12.7. The average molecular weight is 268 g/mol. The predicted octanol–water partition coefficient (Wildman–Crippen LogP) is 3.13. The summed E-state index contributed by atoms with van der Waals surface area (Å²) in [7, 11) is 1.91. The highest BCUT2D eigenvalue weighted by Gasteiger charge is 2.03. The van der Waals surface area contributed by atoms with Crippen molar-refractivity contribution < 1.29 is 9.15 Å². The fourth-order valence-corrected chi connectivity index (χ4v) is 2.09. The highest BCUT2D eigenvalue weighted by atomic mass is 16.5. The molecule has 0 radical (unpaired) electrons. The summed E-state index contributed by atoms with van der Waals surface area (Å²) in [5.41, 5.74) is 2.05. The first-order valence-electron chi connectivity index (χ1n) is 6.53. The zero-order valence-corrected chi connectivity index (χ0v) is 11.3. The van der Waals surface area contributed by atoms with Crippen molar-refractivity contribution in [2.45, 2.75) is 13.2 Å². The number of fused-ring (bicyclic) bond motifs is 1. The van der Waals surface area contributed by atoms with Crippen LogP contribution in [0.2, 0.25) is 0 Å². The number of furan rings is 1. The second kappa shape index (κ2) is 5.75. The van der Waals surface area contributed by atoms with Gasteiger partial charge in [-0.05, 0) is 31.3 Å². The first-order valence-corrected chi connectivity index (χ1v) is 6.53. The normalized spacial score (nSPS) is 10.8. The van der Waals surface area contributed by atoms with Crippen LogP contribution in [0.5, 0.6) is 5.75 Å². The van der Waals surface area contributed by atoms with E-state index in [1.54, 1.807) is 12.5 Å². The van der Waals surface area contributed by atoms with Crippen LogP contribution in [-0.4, -0.2) is 12.0 Å². The molecule has 0 aliphatic rings. The van der Waals surface area contributed by atoms with Gasteiger partial charge < -0.3 is 14.5 Å². The molecule has 1 N–H and O–H groups in total. The molecule has 0 aliphatic carbocycles. The zero-order chi connectivity index (χ0) is 13.8. The van der Waals surface area contributed by atoms with Crippen molar-refractivity contribution in [2.24, 2.45) is 0 Å². The topological polar surface area (TPSA) is 47.3 Å². The van der Waals surface area contributed by atoms with Gasteiger partial charge in [0.1, 0.15) is 18.1 Å². The van der Waals surface area contributed by atoms with Crippen molar-refractivity contribution in [2.75, 3.05) is 7.05 Å². The van der Waals surface area contributed by atoms with E-state index in [-0.39, 0.29) is 0 Å². The molecule has 4 heteroatoms. The van der Waals surface area contributed by atoms with Gasteiger partial charge in [-0.2, -0.15) is 0 Å². The van der Waals surface area contributed by atoms with E-state index in [1.165, 1.54) is 0 Å². The maximum atomic E-state index is 5.74. The number of hydrogen-bond acceptors (Lipinski definition) is 4. The molecule has 0 amide bonds. The standard InChI is InChI=1S/C16H16N2O2/c1-17-9-12-7-15(19-10-12)11-20-14-5-4-13-3-2-6-18-16(13)8-14/h2-8,10,17H,9,11H2,1H3. The van der Waals surface area contributed by atoms with Crippen molar-refractivity contribution >= 4 is 10.9 Å². The molecule has 0 fully saturated rings. The minimum Gasteiger partial charge on any atom is -0.486 e. The molecule has 0 saturated heterocycles. The molecule has 0 aliphatic heterocycles. The molecule has 2 heterocycles. The Morgan fingerprint density at radius 1 is 1.25 bits per heavy atom. The Bertz CT molecular complexity index is 706. The van der Waals surface area contributed by atoms with Crippen LogP contribution in [0.15, 0.2) is 53.3 Å². The van der Waals surface area contributed by atoms with E-state index in [9.17, 15) is 0 Å². The molecule has 0 bridgehead atoms. The van der Waals surface area contributed by atoms with Crippen LogP contribution in [0.1, 0.15) is 11.3 Å². The molecule has 3 aromatic rings. The summed E-state index contributed by atoms with van der Waals surface area (Å²) in [6.45, 7) is 1.21. The molecule has 2 aromatic heterocycles. The van der Waals surface area contributed by atoms with Gasteiger partial charge in [-0.1, -0.05) is 6.07 Å². The van der Waals surface area contributed by atoms with E-state index in [0.717, 1.165) is 34.5 Å². The van der Waals surface area contributed by atoms with Gasteiger partial charge in [0, 0.05) is 29.8 Å². The predicted molar refractivity (Wildman–Crippen MR) is 77.5 cm³/mol. The number of nitrogens with zero attached hydrogens (tertiary/aromatic N) is 1. The van der Waals surface area contributed by atoms with Gasteiger partial charge in [-0.3, -0.25) is 4.98 Å². The molecule has 3 rings (SSSR count). The van der Waals surface area contributed by atoms with E-state index in [2.05, 4.69) is 10.3 Å². The molecular formula is C16H16N2O2. The molecule has 0 spiro atoms. The fourth-order valence-electron chi connectivity index (χ4n) is 2.09. The van der Waals surface area contributed by atoms with Crippen molar-refractivity contribution in [1.82, 2.24) is 10.3 Å². The Morgan fingerprint density at radius 3 is 3.10 bits per heavy atom. The van der Waals surface area contributed by atoms with Gasteiger partial charge in [-0.15, -0.1) is 0 Å². The second-order valence-electron chi connectivity index (χ2n) is 4.60. The molecule has 0 unspecified atom stereocenters.